The molecular weight excluding hydrogens is 306 g/mol. The van der Waals surface area contributed by atoms with Crippen molar-refractivity contribution in [1.29, 1.82) is 0 Å². The van der Waals surface area contributed by atoms with Crippen molar-refractivity contribution in [3.05, 3.63) is 64.1 Å². The van der Waals surface area contributed by atoms with Crippen LogP contribution in [0.3, 0.4) is 0 Å². The maximum absolute atomic E-state index is 12.3. The molecule has 0 saturated heterocycles. The Morgan fingerprint density at radius 3 is 2.58 bits per heavy atom. The van der Waals surface area contributed by atoms with Crippen molar-refractivity contribution >= 4 is 21.8 Å². The van der Waals surface area contributed by atoms with Crippen molar-refractivity contribution in [3.8, 4) is 5.75 Å². The Hall–Kier alpha value is -1.81. The largest absolute Gasteiger partial charge is 0.507 e. The summed E-state index contributed by atoms with van der Waals surface area (Å²) < 4.78 is 0.766. The molecule has 0 bridgehead atoms. The molecule has 0 aliphatic rings. The molecule has 0 radical (unpaired) electrons. The van der Waals surface area contributed by atoms with Crippen LogP contribution in [0.5, 0.6) is 5.75 Å². The summed E-state index contributed by atoms with van der Waals surface area (Å²) in [6, 6.07) is 14.6. The van der Waals surface area contributed by atoms with Gasteiger partial charge in [0.1, 0.15) is 5.75 Å². The summed E-state index contributed by atoms with van der Waals surface area (Å²) in [4.78, 5) is 13.8. The van der Waals surface area contributed by atoms with Gasteiger partial charge in [-0.1, -0.05) is 46.3 Å². The molecule has 2 rings (SSSR count). The molecule has 0 heterocycles. The van der Waals surface area contributed by atoms with Gasteiger partial charge in [-0.2, -0.15) is 0 Å². The van der Waals surface area contributed by atoms with Crippen LogP contribution in [0.25, 0.3) is 0 Å². The fourth-order valence-electron chi connectivity index (χ4n) is 1.81. The average Bonchev–Trinajstić information content (AvgIpc) is 2.42. The number of halogens is 1. The summed E-state index contributed by atoms with van der Waals surface area (Å²) in [5.41, 5.74) is 1.35. The first-order chi connectivity index (χ1) is 9.08. The summed E-state index contributed by atoms with van der Waals surface area (Å²) in [7, 11) is 1.72. The molecule has 0 saturated carbocycles. The van der Waals surface area contributed by atoms with Crippen molar-refractivity contribution < 1.29 is 9.90 Å². The Morgan fingerprint density at radius 2 is 1.89 bits per heavy atom. The third-order valence-electron chi connectivity index (χ3n) is 2.80. The van der Waals surface area contributed by atoms with E-state index in [-0.39, 0.29) is 11.7 Å². The van der Waals surface area contributed by atoms with Gasteiger partial charge in [0.2, 0.25) is 0 Å². The normalized spacial score (nSPS) is 10.2. The highest BCUT2D eigenvalue weighted by Gasteiger charge is 2.16. The number of nitrogens with zero attached hydrogens (tertiary/aromatic N) is 1. The third kappa shape index (κ3) is 3.35. The SMILES string of the molecule is CN(Cc1ccccc1)C(=O)c1cc(Br)ccc1O. The van der Waals surface area contributed by atoms with Crippen molar-refractivity contribution in [3.63, 3.8) is 0 Å². The first-order valence-corrected chi connectivity index (χ1v) is 6.65. The molecule has 0 spiro atoms. The fraction of sp³-hybridized carbons (Fsp3) is 0.133. The van der Waals surface area contributed by atoms with Crippen molar-refractivity contribution in [2.45, 2.75) is 6.54 Å². The van der Waals surface area contributed by atoms with Crippen LogP contribution in [0.15, 0.2) is 53.0 Å². The van der Waals surface area contributed by atoms with Crippen LogP contribution in [0.4, 0.5) is 0 Å². The lowest BCUT2D eigenvalue weighted by molar-refractivity contribution is 0.0782. The standard InChI is InChI=1S/C15H14BrNO2/c1-17(10-11-5-3-2-4-6-11)15(19)13-9-12(16)7-8-14(13)18/h2-9,18H,10H2,1H3. The molecule has 0 unspecified atom stereocenters. The fourth-order valence-corrected chi connectivity index (χ4v) is 2.18. The number of benzene rings is 2. The predicted octanol–water partition coefficient (Wildman–Crippen LogP) is 3.43. The Balaban J connectivity index is 2.17. The minimum Gasteiger partial charge on any atom is -0.507 e. The first kappa shape index (κ1) is 13.6. The van der Waals surface area contributed by atoms with Crippen molar-refractivity contribution in [2.24, 2.45) is 0 Å². The third-order valence-corrected chi connectivity index (χ3v) is 3.29. The minimum absolute atomic E-state index is 0.00638. The Morgan fingerprint density at radius 1 is 1.21 bits per heavy atom. The van der Waals surface area contributed by atoms with E-state index in [4.69, 9.17) is 0 Å². The van der Waals surface area contributed by atoms with Crippen LogP contribution in [-0.4, -0.2) is 23.0 Å². The summed E-state index contributed by atoms with van der Waals surface area (Å²) in [6.45, 7) is 0.506. The monoisotopic (exact) mass is 319 g/mol. The molecule has 2 aromatic rings. The number of amides is 1. The Bertz CT molecular complexity index is 584. The molecular formula is C15H14BrNO2. The van der Waals surface area contributed by atoms with Gasteiger partial charge in [-0.3, -0.25) is 4.79 Å². The average molecular weight is 320 g/mol. The maximum Gasteiger partial charge on any atom is 0.257 e. The van der Waals surface area contributed by atoms with E-state index in [1.807, 2.05) is 30.3 Å². The highest BCUT2D eigenvalue weighted by atomic mass is 79.9. The number of rotatable bonds is 3. The predicted molar refractivity (Wildman–Crippen MR) is 78.0 cm³/mol. The number of carbonyl (C=O) groups excluding carboxylic acids is 1. The summed E-state index contributed by atoms with van der Waals surface area (Å²) in [5, 5.41) is 9.75. The second-order valence-electron chi connectivity index (χ2n) is 4.31. The summed E-state index contributed by atoms with van der Waals surface area (Å²) in [6.07, 6.45) is 0. The summed E-state index contributed by atoms with van der Waals surface area (Å²) >= 11 is 3.30. The number of hydrogen-bond acceptors (Lipinski definition) is 2. The van der Waals surface area contributed by atoms with E-state index in [1.165, 1.54) is 6.07 Å². The lowest BCUT2D eigenvalue weighted by Crippen LogP contribution is -2.26. The second-order valence-corrected chi connectivity index (χ2v) is 5.22. The molecule has 2 aromatic carbocycles. The van der Waals surface area contributed by atoms with Crippen LogP contribution < -0.4 is 0 Å². The van der Waals surface area contributed by atoms with Gasteiger partial charge in [0.05, 0.1) is 5.56 Å². The molecule has 0 atom stereocenters. The van der Waals surface area contributed by atoms with E-state index >= 15 is 0 Å². The highest BCUT2D eigenvalue weighted by Crippen LogP contribution is 2.23. The topological polar surface area (TPSA) is 40.5 Å². The molecule has 0 fully saturated rings. The van der Waals surface area contributed by atoms with Crippen LogP contribution in [0.2, 0.25) is 0 Å². The molecule has 0 aliphatic heterocycles. The van der Waals surface area contributed by atoms with Crippen LogP contribution in [0, 0.1) is 0 Å². The quantitative estimate of drug-likeness (QED) is 0.941. The van der Waals surface area contributed by atoms with Gasteiger partial charge in [-0.15, -0.1) is 0 Å². The Kier molecular flexibility index (Phi) is 4.22. The molecule has 19 heavy (non-hydrogen) atoms. The molecule has 0 aliphatic carbocycles. The number of carbonyl (C=O) groups is 1. The minimum atomic E-state index is -0.206. The number of hydrogen-bond donors (Lipinski definition) is 1. The zero-order valence-corrected chi connectivity index (χ0v) is 12.1. The number of aromatic hydroxyl groups is 1. The Labute approximate surface area is 120 Å². The van der Waals surface area contributed by atoms with E-state index in [1.54, 1.807) is 24.1 Å². The molecule has 3 nitrogen and oxygen atoms in total. The van der Waals surface area contributed by atoms with Gasteiger partial charge in [-0.25, -0.2) is 0 Å². The summed E-state index contributed by atoms with van der Waals surface area (Å²) in [5.74, 6) is -0.212. The lowest BCUT2D eigenvalue weighted by atomic mass is 10.1. The van der Waals surface area contributed by atoms with E-state index in [0.29, 0.717) is 12.1 Å². The van der Waals surface area contributed by atoms with Gasteiger partial charge in [0, 0.05) is 18.1 Å². The zero-order chi connectivity index (χ0) is 13.8. The zero-order valence-electron chi connectivity index (χ0n) is 10.5. The van der Waals surface area contributed by atoms with Crippen LogP contribution >= 0.6 is 15.9 Å². The van der Waals surface area contributed by atoms with E-state index in [9.17, 15) is 9.90 Å². The molecule has 1 N–H and O–H groups in total. The maximum atomic E-state index is 12.3. The van der Waals surface area contributed by atoms with E-state index < -0.39 is 0 Å². The van der Waals surface area contributed by atoms with Gasteiger partial charge >= 0.3 is 0 Å². The lowest BCUT2D eigenvalue weighted by Gasteiger charge is -2.18. The first-order valence-electron chi connectivity index (χ1n) is 5.86. The molecule has 4 heteroatoms. The smallest absolute Gasteiger partial charge is 0.257 e. The number of phenolic OH excluding ortho intramolecular Hbond substituents is 1. The van der Waals surface area contributed by atoms with Crippen molar-refractivity contribution in [2.75, 3.05) is 7.05 Å². The molecule has 98 valence electrons. The van der Waals surface area contributed by atoms with Gasteiger partial charge in [-0.05, 0) is 23.8 Å². The van der Waals surface area contributed by atoms with Crippen LogP contribution in [-0.2, 0) is 6.54 Å². The molecule has 1 amide bonds. The highest BCUT2D eigenvalue weighted by molar-refractivity contribution is 9.10. The van der Waals surface area contributed by atoms with Crippen LogP contribution in [0.1, 0.15) is 15.9 Å². The van der Waals surface area contributed by atoms with E-state index in [0.717, 1.165) is 10.0 Å². The second kappa shape index (κ2) is 5.89. The van der Waals surface area contributed by atoms with Gasteiger partial charge < -0.3 is 10.0 Å². The van der Waals surface area contributed by atoms with E-state index in [2.05, 4.69) is 15.9 Å². The number of phenols is 1. The van der Waals surface area contributed by atoms with Gasteiger partial charge in [0.15, 0.2) is 0 Å². The van der Waals surface area contributed by atoms with Crippen molar-refractivity contribution in [1.82, 2.24) is 4.90 Å². The van der Waals surface area contributed by atoms with Gasteiger partial charge in [0.25, 0.3) is 5.91 Å². The molecule has 0 aromatic heterocycles.